The van der Waals surface area contributed by atoms with E-state index in [1.165, 1.54) is 30.3 Å². The van der Waals surface area contributed by atoms with Gasteiger partial charge in [0.15, 0.2) is 0 Å². The minimum atomic E-state index is -4.73. The van der Waals surface area contributed by atoms with Crippen LogP contribution in [-0.2, 0) is 0 Å². The van der Waals surface area contributed by atoms with E-state index in [1.54, 1.807) is 12.1 Å². The molecule has 0 spiro atoms. The Bertz CT molecular complexity index is 1190. The molecule has 0 saturated carbocycles. The van der Waals surface area contributed by atoms with E-state index < -0.39 is 25.9 Å². The van der Waals surface area contributed by atoms with Gasteiger partial charge in [-0.25, -0.2) is 8.78 Å². The van der Waals surface area contributed by atoms with Crippen molar-refractivity contribution in [3.8, 4) is 16.9 Å². The van der Waals surface area contributed by atoms with Crippen LogP contribution in [0.1, 0.15) is 29.7 Å². The second-order valence-electron chi connectivity index (χ2n) is 7.99. The van der Waals surface area contributed by atoms with Crippen molar-refractivity contribution in [2.45, 2.75) is 31.9 Å². The van der Waals surface area contributed by atoms with Gasteiger partial charge in [0.2, 0.25) is 0 Å². The Morgan fingerprint density at radius 2 is 1.52 bits per heavy atom. The van der Waals surface area contributed by atoms with E-state index in [4.69, 9.17) is 4.99 Å². The first-order chi connectivity index (χ1) is 15.5. The van der Waals surface area contributed by atoms with E-state index in [2.05, 4.69) is 4.74 Å². The summed E-state index contributed by atoms with van der Waals surface area (Å²) in [5, 5.41) is 0. The number of aryl methyl sites for hydroxylation is 1. The summed E-state index contributed by atoms with van der Waals surface area (Å²) in [5.74, 6) is -1.50. The Hall–Kier alpha value is -2.79. The molecule has 3 atom stereocenters. The van der Waals surface area contributed by atoms with Crippen LogP contribution < -0.4 is 4.74 Å². The Labute approximate surface area is 189 Å². The van der Waals surface area contributed by atoms with E-state index in [-0.39, 0.29) is 23.0 Å². The maximum atomic E-state index is 14.4. The Morgan fingerprint density at radius 1 is 0.909 bits per heavy atom. The molecule has 4 rings (SSSR count). The minimum absolute atomic E-state index is 0.0455. The molecule has 0 saturated heterocycles. The fourth-order valence-corrected chi connectivity index (χ4v) is 5.96. The standard InChI is InChI=1S/C25H21F5NOP/c1-14-13-17(16-7-10-18(11-8-16)32-25(28,29)30)9-12-19(14)23-15(2)33(3)24(31-23)22-20(26)5-4-6-21(22)27/h4-13,15,23H,1-3H3/t15?,23-,33?/m1/s1. The van der Waals surface area contributed by atoms with Gasteiger partial charge >= 0.3 is 6.36 Å². The highest BCUT2D eigenvalue weighted by atomic mass is 31.1. The third kappa shape index (κ3) is 4.79. The lowest BCUT2D eigenvalue weighted by molar-refractivity contribution is -0.274. The van der Waals surface area contributed by atoms with E-state index in [0.29, 0.717) is 5.45 Å². The SMILES string of the molecule is Cc1cc(-c2ccc(OC(F)(F)F)cc2)ccc1[C@@H]1N=C(c2c(F)cccc2F)P(C)C1C. The predicted molar refractivity (Wildman–Crippen MR) is 121 cm³/mol. The fraction of sp³-hybridized carbons (Fsp3) is 0.240. The number of hydrogen-bond donors (Lipinski definition) is 0. The molecule has 2 nitrogen and oxygen atoms in total. The maximum Gasteiger partial charge on any atom is 0.573 e. The highest BCUT2D eigenvalue weighted by molar-refractivity contribution is 7.76. The molecule has 33 heavy (non-hydrogen) atoms. The first kappa shape index (κ1) is 23.4. The molecule has 3 aromatic carbocycles. The normalized spacial score (nSPS) is 20.6. The van der Waals surface area contributed by atoms with Crippen LogP contribution in [0.25, 0.3) is 11.1 Å². The van der Waals surface area contributed by atoms with Crippen molar-refractivity contribution in [3.05, 3.63) is 89.0 Å². The quantitative estimate of drug-likeness (QED) is 0.277. The number of halogens is 5. The third-order valence-electron chi connectivity index (χ3n) is 5.86. The maximum absolute atomic E-state index is 14.4. The predicted octanol–water partition coefficient (Wildman–Crippen LogP) is 7.84. The van der Waals surface area contributed by atoms with Crippen molar-refractivity contribution in [1.82, 2.24) is 0 Å². The lowest BCUT2D eigenvalue weighted by atomic mass is 9.95. The Kier molecular flexibility index (Phi) is 6.28. The third-order valence-corrected chi connectivity index (χ3v) is 8.37. The van der Waals surface area contributed by atoms with E-state index >= 15 is 0 Å². The zero-order chi connectivity index (χ0) is 23.9. The molecule has 2 unspecified atom stereocenters. The molecule has 8 heteroatoms. The molecule has 1 aliphatic heterocycles. The molecule has 0 N–H and O–H groups in total. The van der Waals surface area contributed by atoms with Gasteiger partial charge in [0.1, 0.15) is 17.4 Å². The highest BCUT2D eigenvalue weighted by Gasteiger charge is 2.37. The summed E-state index contributed by atoms with van der Waals surface area (Å²) in [4.78, 5) is 4.76. The summed E-state index contributed by atoms with van der Waals surface area (Å²) in [6.07, 6.45) is -4.73. The van der Waals surface area contributed by atoms with Gasteiger partial charge in [-0.2, -0.15) is 0 Å². The number of hydrogen-bond acceptors (Lipinski definition) is 2. The molecule has 172 valence electrons. The van der Waals surface area contributed by atoms with Gasteiger partial charge in [-0.05, 0) is 60.1 Å². The number of aliphatic imine (C=N–C) groups is 1. The van der Waals surface area contributed by atoms with Crippen molar-refractivity contribution in [2.75, 3.05) is 6.66 Å². The fourth-order valence-electron chi connectivity index (χ4n) is 4.05. The van der Waals surface area contributed by atoms with E-state index in [0.717, 1.165) is 22.3 Å². The number of ether oxygens (including phenoxy) is 1. The minimum Gasteiger partial charge on any atom is -0.406 e. The van der Waals surface area contributed by atoms with Gasteiger partial charge in [0, 0.05) is 5.66 Å². The van der Waals surface area contributed by atoms with E-state index in [1.807, 2.05) is 38.7 Å². The van der Waals surface area contributed by atoms with Gasteiger partial charge in [-0.3, -0.25) is 4.99 Å². The second-order valence-corrected chi connectivity index (χ2v) is 10.4. The molecule has 0 amide bonds. The zero-order valence-corrected chi connectivity index (χ0v) is 19.0. The van der Waals surface area contributed by atoms with Gasteiger partial charge in [0.25, 0.3) is 0 Å². The number of nitrogens with zero attached hydrogens (tertiary/aromatic N) is 1. The van der Waals surface area contributed by atoms with Crippen molar-refractivity contribution in [1.29, 1.82) is 0 Å². The second kappa shape index (κ2) is 8.86. The van der Waals surface area contributed by atoms with Crippen LogP contribution in [0.2, 0.25) is 0 Å². The van der Waals surface area contributed by atoms with Crippen LogP contribution in [0.5, 0.6) is 5.75 Å². The van der Waals surface area contributed by atoms with Crippen molar-refractivity contribution in [3.63, 3.8) is 0 Å². The molecule has 1 heterocycles. The van der Waals surface area contributed by atoms with E-state index in [9.17, 15) is 22.0 Å². The summed E-state index contributed by atoms with van der Waals surface area (Å²) in [6.45, 7) is 5.96. The summed E-state index contributed by atoms with van der Waals surface area (Å²) in [7, 11) is -0.876. The average Bonchev–Trinajstić information content (AvgIpc) is 3.02. The summed E-state index contributed by atoms with van der Waals surface area (Å²) >= 11 is 0. The van der Waals surface area contributed by atoms with Crippen LogP contribution >= 0.6 is 7.92 Å². The first-order valence-corrected chi connectivity index (χ1v) is 12.1. The zero-order valence-electron chi connectivity index (χ0n) is 18.1. The largest absolute Gasteiger partial charge is 0.573 e. The molecular weight excluding hydrogens is 456 g/mol. The van der Waals surface area contributed by atoms with Crippen molar-refractivity contribution in [2.24, 2.45) is 4.99 Å². The topological polar surface area (TPSA) is 21.6 Å². The molecule has 0 radical (unpaired) electrons. The molecular formula is C25H21F5NOP. The van der Waals surface area contributed by atoms with Crippen molar-refractivity contribution >= 4 is 13.4 Å². The smallest absolute Gasteiger partial charge is 0.406 e. The van der Waals surface area contributed by atoms with Crippen LogP contribution in [0, 0.1) is 18.6 Å². The first-order valence-electron chi connectivity index (χ1n) is 10.3. The molecule has 0 bridgehead atoms. The number of benzene rings is 3. The lowest BCUT2D eigenvalue weighted by Gasteiger charge is -2.20. The summed E-state index contributed by atoms with van der Waals surface area (Å²) in [5.41, 5.74) is 4.03. The summed E-state index contributed by atoms with van der Waals surface area (Å²) in [6, 6.07) is 15.0. The highest BCUT2D eigenvalue weighted by Crippen LogP contribution is 2.55. The van der Waals surface area contributed by atoms with Crippen molar-refractivity contribution < 1.29 is 26.7 Å². The lowest BCUT2D eigenvalue weighted by Crippen LogP contribution is -2.16. The molecule has 3 aromatic rings. The molecule has 0 fully saturated rings. The summed E-state index contributed by atoms with van der Waals surface area (Å²) < 4.78 is 69.8. The Balaban J connectivity index is 1.64. The van der Waals surface area contributed by atoms with Gasteiger partial charge in [-0.1, -0.05) is 51.2 Å². The number of alkyl halides is 3. The van der Waals surface area contributed by atoms with Crippen LogP contribution in [0.15, 0.2) is 65.7 Å². The molecule has 0 aromatic heterocycles. The van der Waals surface area contributed by atoms with Gasteiger partial charge in [0.05, 0.1) is 17.1 Å². The molecule has 0 aliphatic carbocycles. The van der Waals surface area contributed by atoms with Gasteiger partial charge < -0.3 is 4.74 Å². The monoisotopic (exact) mass is 477 g/mol. The van der Waals surface area contributed by atoms with Crippen LogP contribution in [0.3, 0.4) is 0 Å². The van der Waals surface area contributed by atoms with Gasteiger partial charge in [-0.15, -0.1) is 13.2 Å². The van der Waals surface area contributed by atoms with Crippen LogP contribution in [-0.4, -0.2) is 24.1 Å². The average molecular weight is 477 g/mol. The number of rotatable bonds is 4. The molecule has 1 aliphatic rings. The Morgan fingerprint density at radius 3 is 2.09 bits per heavy atom. The van der Waals surface area contributed by atoms with Crippen LogP contribution in [0.4, 0.5) is 22.0 Å².